The molecule has 1 N–H and O–H groups in total. The van der Waals surface area contributed by atoms with E-state index in [0.29, 0.717) is 12.8 Å². The van der Waals surface area contributed by atoms with Crippen molar-refractivity contribution in [3.8, 4) is 0 Å². The molecular weight excluding hydrogens is 258 g/mol. The van der Waals surface area contributed by atoms with Crippen molar-refractivity contribution in [2.24, 2.45) is 0 Å². The smallest absolute Gasteiger partial charge is 0.220 e. The molecule has 0 bridgehead atoms. The second-order valence-corrected chi connectivity index (χ2v) is 6.03. The van der Waals surface area contributed by atoms with E-state index < -0.39 is 0 Å². The number of unbranched alkanes of at least 4 members (excludes halogenated alkanes) is 3. The van der Waals surface area contributed by atoms with Crippen LogP contribution in [0.25, 0.3) is 0 Å². The fourth-order valence-corrected chi connectivity index (χ4v) is 2.64. The Balaban J connectivity index is 2.14. The van der Waals surface area contributed by atoms with Crippen LogP contribution >= 0.6 is 11.3 Å². The van der Waals surface area contributed by atoms with Crippen LogP contribution in [-0.4, -0.2) is 18.2 Å². The number of ketones is 1. The van der Waals surface area contributed by atoms with Gasteiger partial charge in [-0.05, 0) is 25.5 Å². The van der Waals surface area contributed by atoms with Gasteiger partial charge in [-0.1, -0.05) is 26.2 Å². The van der Waals surface area contributed by atoms with Crippen LogP contribution in [0.1, 0.15) is 60.0 Å². The number of nitrogens with one attached hydrogen (secondary N) is 1. The molecular formula is C15H23NO2S. The molecule has 0 saturated heterocycles. The van der Waals surface area contributed by atoms with Gasteiger partial charge < -0.3 is 5.32 Å². The van der Waals surface area contributed by atoms with Crippen LogP contribution in [0.3, 0.4) is 0 Å². The fraction of sp³-hybridized carbons (Fsp3) is 0.600. The van der Waals surface area contributed by atoms with Crippen molar-refractivity contribution in [2.45, 2.75) is 52.4 Å². The molecule has 19 heavy (non-hydrogen) atoms. The number of rotatable bonds is 9. The van der Waals surface area contributed by atoms with E-state index in [9.17, 15) is 9.59 Å². The van der Waals surface area contributed by atoms with Crippen molar-refractivity contribution >= 4 is 23.0 Å². The third kappa shape index (κ3) is 6.53. The molecule has 0 aliphatic heterocycles. The van der Waals surface area contributed by atoms with Crippen LogP contribution in [0.5, 0.6) is 0 Å². The second-order valence-electron chi connectivity index (χ2n) is 4.74. The molecule has 3 nitrogen and oxygen atoms in total. The minimum Gasteiger partial charge on any atom is -0.356 e. The summed E-state index contributed by atoms with van der Waals surface area (Å²) in [4.78, 5) is 25.3. The van der Waals surface area contributed by atoms with Crippen LogP contribution in [0.2, 0.25) is 0 Å². The van der Waals surface area contributed by atoms with E-state index in [1.807, 2.05) is 19.1 Å². The van der Waals surface area contributed by atoms with Gasteiger partial charge in [0, 0.05) is 24.3 Å². The summed E-state index contributed by atoms with van der Waals surface area (Å²) in [7, 11) is 0. The summed E-state index contributed by atoms with van der Waals surface area (Å²) in [6, 6.07) is 3.77. The summed E-state index contributed by atoms with van der Waals surface area (Å²) in [5.74, 6) is 0.0531. The predicted octanol–water partition coefficient (Wildman–Crippen LogP) is 3.72. The number of aryl methyl sites for hydroxylation is 1. The number of amides is 1. The highest BCUT2D eigenvalue weighted by molar-refractivity contribution is 7.14. The summed E-state index contributed by atoms with van der Waals surface area (Å²) in [6.07, 6.45) is 5.20. The van der Waals surface area contributed by atoms with Crippen LogP contribution in [-0.2, 0) is 4.79 Å². The molecule has 0 aliphatic rings. The van der Waals surface area contributed by atoms with Gasteiger partial charge >= 0.3 is 0 Å². The van der Waals surface area contributed by atoms with Gasteiger partial charge in [0.05, 0.1) is 4.88 Å². The molecule has 0 aromatic carbocycles. The Kier molecular flexibility index (Phi) is 7.41. The summed E-state index contributed by atoms with van der Waals surface area (Å²) < 4.78 is 0. The van der Waals surface area contributed by atoms with E-state index in [2.05, 4.69) is 12.2 Å². The Morgan fingerprint density at radius 3 is 2.58 bits per heavy atom. The van der Waals surface area contributed by atoms with Crippen molar-refractivity contribution in [1.82, 2.24) is 5.32 Å². The average molecular weight is 281 g/mol. The standard InChI is InChI=1S/C15H23NO2S/c1-3-4-5-6-11-16-15(18)10-8-13(17)14-9-7-12(2)19-14/h7,9H,3-6,8,10-11H2,1-2H3,(H,16,18). The van der Waals surface area contributed by atoms with Gasteiger partial charge in [0.25, 0.3) is 0 Å². The van der Waals surface area contributed by atoms with Crippen molar-refractivity contribution in [1.29, 1.82) is 0 Å². The Morgan fingerprint density at radius 2 is 1.95 bits per heavy atom. The molecule has 4 heteroatoms. The SMILES string of the molecule is CCCCCCNC(=O)CCC(=O)c1ccc(C)s1. The first-order valence-corrected chi connectivity index (χ1v) is 7.81. The van der Waals surface area contributed by atoms with E-state index in [1.165, 1.54) is 24.2 Å². The Labute approximate surface area is 119 Å². The second kappa shape index (κ2) is 8.86. The number of hydrogen-bond donors (Lipinski definition) is 1. The molecule has 0 aliphatic carbocycles. The van der Waals surface area contributed by atoms with Gasteiger partial charge in [-0.15, -0.1) is 11.3 Å². The molecule has 1 heterocycles. The first kappa shape index (κ1) is 15.9. The van der Waals surface area contributed by atoms with Crippen LogP contribution in [0, 0.1) is 6.92 Å². The third-order valence-electron chi connectivity index (χ3n) is 2.95. The lowest BCUT2D eigenvalue weighted by Crippen LogP contribution is -2.24. The first-order valence-electron chi connectivity index (χ1n) is 6.99. The van der Waals surface area contributed by atoms with Gasteiger partial charge in [0.2, 0.25) is 5.91 Å². The molecule has 1 amide bonds. The van der Waals surface area contributed by atoms with E-state index in [-0.39, 0.29) is 11.7 Å². The summed E-state index contributed by atoms with van der Waals surface area (Å²) in [6.45, 7) is 4.87. The molecule has 1 aromatic heterocycles. The van der Waals surface area contributed by atoms with E-state index in [0.717, 1.165) is 29.1 Å². The average Bonchev–Trinajstić information content (AvgIpc) is 2.82. The normalized spacial score (nSPS) is 10.4. The fourth-order valence-electron chi connectivity index (χ4n) is 1.80. The number of thiophene rings is 1. The highest BCUT2D eigenvalue weighted by Gasteiger charge is 2.10. The third-order valence-corrected chi connectivity index (χ3v) is 3.99. The van der Waals surface area contributed by atoms with Gasteiger partial charge in [-0.25, -0.2) is 0 Å². The zero-order valence-corrected chi connectivity index (χ0v) is 12.6. The molecule has 106 valence electrons. The van der Waals surface area contributed by atoms with Crippen molar-refractivity contribution < 1.29 is 9.59 Å². The van der Waals surface area contributed by atoms with Gasteiger partial charge in [-0.2, -0.15) is 0 Å². The Morgan fingerprint density at radius 1 is 1.16 bits per heavy atom. The van der Waals surface area contributed by atoms with Crippen LogP contribution in [0.15, 0.2) is 12.1 Å². The van der Waals surface area contributed by atoms with Gasteiger partial charge in [0.1, 0.15) is 0 Å². The summed E-state index contributed by atoms with van der Waals surface area (Å²) in [5.41, 5.74) is 0. The number of hydrogen-bond acceptors (Lipinski definition) is 3. The molecule has 0 spiro atoms. The number of carbonyl (C=O) groups is 2. The lowest BCUT2D eigenvalue weighted by molar-refractivity contribution is -0.121. The topological polar surface area (TPSA) is 46.2 Å². The quantitative estimate of drug-likeness (QED) is 0.554. The van der Waals surface area contributed by atoms with E-state index in [4.69, 9.17) is 0 Å². The van der Waals surface area contributed by atoms with E-state index >= 15 is 0 Å². The Bertz CT molecular complexity index is 412. The maximum atomic E-state index is 11.8. The van der Waals surface area contributed by atoms with Gasteiger partial charge in [-0.3, -0.25) is 9.59 Å². The van der Waals surface area contributed by atoms with Crippen LogP contribution in [0.4, 0.5) is 0 Å². The molecule has 0 fully saturated rings. The molecule has 1 aromatic rings. The minimum absolute atomic E-state index is 0.0156. The predicted molar refractivity (Wildman–Crippen MR) is 79.8 cm³/mol. The lowest BCUT2D eigenvalue weighted by Gasteiger charge is -2.04. The van der Waals surface area contributed by atoms with Gasteiger partial charge in [0.15, 0.2) is 5.78 Å². The molecule has 0 radical (unpaired) electrons. The first-order chi connectivity index (χ1) is 9.13. The summed E-state index contributed by atoms with van der Waals surface area (Å²) >= 11 is 1.49. The maximum Gasteiger partial charge on any atom is 0.220 e. The zero-order valence-electron chi connectivity index (χ0n) is 11.8. The summed E-state index contributed by atoms with van der Waals surface area (Å²) in [5, 5.41) is 2.87. The highest BCUT2D eigenvalue weighted by Crippen LogP contribution is 2.17. The van der Waals surface area contributed by atoms with Crippen molar-refractivity contribution in [2.75, 3.05) is 6.54 Å². The number of Topliss-reactive ketones (excluding diaryl/α,β-unsaturated/α-hetero) is 1. The molecule has 0 atom stereocenters. The maximum absolute atomic E-state index is 11.8. The molecule has 0 unspecified atom stereocenters. The Hall–Kier alpha value is -1.16. The highest BCUT2D eigenvalue weighted by atomic mass is 32.1. The minimum atomic E-state index is -0.0156. The van der Waals surface area contributed by atoms with Crippen molar-refractivity contribution in [3.63, 3.8) is 0 Å². The molecule has 0 saturated carbocycles. The number of carbonyl (C=O) groups excluding carboxylic acids is 2. The van der Waals surface area contributed by atoms with E-state index in [1.54, 1.807) is 0 Å². The lowest BCUT2D eigenvalue weighted by atomic mass is 10.2. The van der Waals surface area contributed by atoms with Crippen LogP contribution < -0.4 is 5.32 Å². The van der Waals surface area contributed by atoms with Crippen molar-refractivity contribution in [3.05, 3.63) is 21.9 Å². The largest absolute Gasteiger partial charge is 0.356 e. The monoisotopic (exact) mass is 281 g/mol. The molecule has 1 rings (SSSR count). The zero-order chi connectivity index (χ0) is 14.1.